The molecule has 1 saturated heterocycles. The molecule has 1 aromatic heterocycles. The summed E-state index contributed by atoms with van der Waals surface area (Å²) in [7, 11) is 0. The highest BCUT2D eigenvalue weighted by molar-refractivity contribution is 7.15. The van der Waals surface area contributed by atoms with Crippen molar-refractivity contribution in [2.45, 2.75) is 32.6 Å². The molecule has 25 heavy (non-hydrogen) atoms. The maximum atomic E-state index is 12.6. The largest absolute Gasteiger partial charge is 0.300 e. The molecule has 2 bridgehead atoms. The van der Waals surface area contributed by atoms with E-state index in [9.17, 15) is 14.4 Å². The Balaban J connectivity index is 1.34. The number of anilines is 1. The number of aromatic nitrogens is 2. The van der Waals surface area contributed by atoms with E-state index < -0.39 is 0 Å². The highest BCUT2D eigenvalue weighted by Gasteiger charge is 2.58. The molecular formula is C17H20N4O3S. The Morgan fingerprint density at radius 3 is 2.44 bits per heavy atom. The number of rotatable bonds is 5. The zero-order valence-corrected chi connectivity index (χ0v) is 15.0. The summed E-state index contributed by atoms with van der Waals surface area (Å²) in [6.07, 6.45) is 5.12. The van der Waals surface area contributed by atoms with Crippen molar-refractivity contribution >= 4 is 34.2 Å². The van der Waals surface area contributed by atoms with E-state index in [1.165, 1.54) is 16.2 Å². The first-order valence-electron chi connectivity index (χ1n) is 8.62. The molecule has 2 aliphatic carbocycles. The molecule has 3 aliphatic rings. The van der Waals surface area contributed by atoms with E-state index >= 15 is 0 Å². The summed E-state index contributed by atoms with van der Waals surface area (Å²) in [5, 5.41) is 12.0. The molecule has 4 rings (SSSR count). The van der Waals surface area contributed by atoms with Gasteiger partial charge in [0.05, 0.1) is 11.8 Å². The van der Waals surface area contributed by atoms with Crippen molar-refractivity contribution in [3.63, 3.8) is 0 Å². The van der Waals surface area contributed by atoms with E-state index in [0.717, 1.165) is 11.4 Å². The number of imide groups is 1. The molecule has 1 N–H and O–H groups in total. The lowest BCUT2D eigenvalue weighted by molar-refractivity contribution is -0.140. The number of nitrogens with zero attached hydrogens (tertiary/aromatic N) is 3. The lowest BCUT2D eigenvalue weighted by Gasteiger charge is -2.16. The zero-order valence-electron chi connectivity index (χ0n) is 14.1. The van der Waals surface area contributed by atoms with Gasteiger partial charge in [0.25, 0.3) is 0 Å². The Labute approximate surface area is 149 Å². The van der Waals surface area contributed by atoms with Crippen molar-refractivity contribution in [1.82, 2.24) is 15.1 Å². The summed E-state index contributed by atoms with van der Waals surface area (Å²) in [5.41, 5.74) is 0. The van der Waals surface area contributed by atoms with Crippen molar-refractivity contribution in [1.29, 1.82) is 0 Å². The maximum absolute atomic E-state index is 12.6. The number of hydrogen-bond acceptors (Lipinski definition) is 6. The Hall–Kier alpha value is -2.09. The first-order chi connectivity index (χ1) is 12.0. The van der Waals surface area contributed by atoms with Crippen LogP contribution in [0.1, 0.15) is 37.6 Å². The fraction of sp³-hybridized carbons (Fsp3) is 0.588. The summed E-state index contributed by atoms with van der Waals surface area (Å²) in [6.45, 7) is 4.15. The third kappa shape index (κ3) is 2.68. The van der Waals surface area contributed by atoms with Crippen molar-refractivity contribution in [3.8, 4) is 0 Å². The van der Waals surface area contributed by atoms with Gasteiger partial charge in [-0.05, 0) is 18.3 Å². The van der Waals surface area contributed by atoms with Crippen LogP contribution in [-0.2, 0) is 14.4 Å². The number of fused-ring (bicyclic) bond motifs is 5. The van der Waals surface area contributed by atoms with Gasteiger partial charge in [0.1, 0.15) is 5.01 Å². The predicted octanol–water partition coefficient (Wildman–Crippen LogP) is 1.80. The zero-order chi connectivity index (χ0) is 17.7. The standard InChI is InChI=1S/C17H20N4O3S/c1-8(2)14-19-20-17(25-14)18-11(22)5-6-21-15(23)12-9-3-4-10(7-9)13(12)16(21)24/h3-4,8-10,12-13H,5-7H2,1-2H3,(H,18,20,22)/t9-,10-,12+,13+/m0/s1. The molecular weight excluding hydrogens is 340 g/mol. The number of carbonyl (C=O) groups is 3. The van der Waals surface area contributed by atoms with E-state index in [0.29, 0.717) is 5.13 Å². The Morgan fingerprint density at radius 2 is 1.88 bits per heavy atom. The minimum absolute atomic E-state index is 0.0796. The number of amides is 3. The second-order valence-corrected chi connectivity index (χ2v) is 8.24. The number of nitrogens with one attached hydrogen (secondary N) is 1. The van der Waals surface area contributed by atoms with Gasteiger partial charge in [0, 0.05) is 18.9 Å². The van der Waals surface area contributed by atoms with Crippen LogP contribution < -0.4 is 5.32 Å². The van der Waals surface area contributed by atoms with Crippen molar-refractivity contribution < 1.29 is 14.4 Å². The van der Waals surface area contributed by atoms with Gasteiger partial charge >= 0.3 is 0 Å². The number of likely N-dealkylation sites (tertiary alicyclic amines) is 1. The molecule has 2 fully saturated rings. The number of hydrogen-bond donors (Lipinski definition) is 1. The first kappa shape index (κ1) is 16.4. The molecule has 0 aromatic carbocycles. The molecule has 2 heterocycles. The number of allylic oxidation sites excluding steroid dienone is 2. The van der Waals surface area contributed by atoms with Crippen LogP contribution in [0.15, 0.2) is 12.2 Å². The quantitative estimate of drug-likeness (QED) is 0.638. The third-order valence-corrected chi connectivity index (χ3v) is 6.44. The third-order valence-electron chi connectivity index (χ3n) is 5.30. The lowest BCUT2D eigenvalue weighted by Crippen LogP contribution is -2.35. The van der Waals surface area contributed by atoms with Gasteiger partial charge in [0.15, 0.2) is 0 Å². The van der Waals surface area contributed by atoms with Crippen molar-refractivity contribution in [3.05, 3.63) is 17.2 Å². The molecule has 0 unspecified atom stereocenters. The highest BCUT2D eigenvalue weighted by atomic mass is 32.1. The minimum Gasteiger partial charge on any atom is -0.300 e. The van der Waals surface area contributed by atoms with Gasteiger partial charge in [-0.25, -0.2) is 0 Å². The molecule has 4 atom stereocenters. The van der Waals surface area contributed by atoms with Crippen molar-refractivity contribution in [2.24, 2.45) is 23.7 Å². The summed E-state index contributed by atoms with van der Waals surface area (Å²) in [5.74, 6) is -0.251. The molecule has 0 radical (unpaired) electrons. The molecule has 7 nitrogen and oxygen atoms in total. The lowest BCUT2D eigenvalue weighted by atomic mass is 9.85. The van der Waals surface area contributed by atoms with E-state index in [-0.39, 0.29) is 60.3 Å². The molecule has 8 heteroatoms. The van der Waals surface area contributed by atoms with Crippen molar-refractivity contribution in [2.75, 3.05) is 11.9 Å². The normalized spacial score (nSPS) is 29.8. The molecule has 1 aromatic rings. The summed E-state index contributed by atoms with van der Waals surface area (Å²) in [6, 6.07) is 0. The van der Waals surface area contributed by atoms with Gasteiger partial charge in [0.2, 0.25) is 22.9 Å². The van der Waals surface area contributed by atoms with Gasteiger partial charge in [-0.3, -0.25) is 19.3 Å². The van der Waals surface area contributed by atoms with E-state index in [1.807, 2.05) is 13.8 Å². The topological polar surface area (TPSA) is 92.3 Å². The smallest absolute Gasteiger partial charge is 0.233 e. The number of carbonyl (C=O) groups excluding carboxylic acids is 3. The molecule has 1 saturated carbocycles. The molecule has 0 spiro atoms. The van der Waals surface area contributed by atoms with Crippen LogP contribution in [0.5, 0.6) is 0 Å². The van der Waals surface area contributed by atoms with Crippen LogP contribution in [-0.4, -0.2) is 39.4 Å². The van der Waals surface area contributed by atoms with Gasteiger partial charge < -0.3 is 5.32 Å². The Kier molecular flexibility index (Phi) is 3.94. The first-order valence-corrected chi connectivity index (χ1v) is 9.44. The SMILES string of the molecule is CC(C)c1nnc(NC(=O)CCN2C(=O)[C@H]3[C@H](C2=O)[C@H]2C=C[C@H]3C2)s1. The van der Waals surface area contributed by atoms with Crippen LogP contribution in [0.3, 0.4) is 0 Å². The van der Waals surface area contributed by atoms with E-state index in [4.69, 9.17) is 0 Å². The average molecular weight is 360 g/mol. The fourth-order valence-electron chi connectivity index (χ4n) is 4.10. The second kappa shape index (κ2) is 6.01. The average Bonchev–Trinajstić information content (AvgIpc) is 3.31. The summed E-state index contributed by atoms with van der Waals surface area (Å²) in [4.78, 5) is 38.5. The monoisotopic (exact) mass is 360 g/mol. The molecule has 1 aliphatic heterocycles. The van der Waals surface area contributed by atoms with Gasteiger partial charge in [-0.1, -0.05) is 37.3 Å². The second-order valence-electron chi connectivity index (χ2n) is 7.23. The summed E-state index contributed by atoms with van der Waals surface area (Å²) >= 11 is 1.34. The highest BCUT2D eigenvalue weighted by Crippen LogP contribution is 2.52. The molecule has 3 amide bonds. The predicted molar refractivity (Wildman–Crippen MR) is 91.7 cm³/mol. The Bertz CT molecular complexity index is 742. The van der Waals surface area contributed by atoms with Gasteiger partial charge in [-0.15, -0.1) is 10.2 Å². The van der Waals surface area contributed by atoms with Crippen LogP contribution in [0.4, 0.5) is 5.13 Å². The van der Waals surface area contributed by atoms with Crippen LogP contribution in [0, 0.1) is 23.7 Å². The fourth-order valence-corrected chi connectivity index (χ4v) is 4.86. The van der Waals surface area contributed by atoms with E-state index in [1.54, 1.807) is 0 Å². The van der Waals surface area contributed by atoms with E-state index in [2.05, 4.69) is 27.7 Å². The minimum atomic E-state index is -0.259. The summed E-state index contributed by atoms with van der Waals surface area (Å²) < 4.78 is 0. The van der Waals surface area contributed by atoms with Crippen LogP contribution in [0.25, 0.3) is 0 Å². The Morgan fingerprint density at radius 1 is 1.24 bits per heavy atom. The van der Waals surface area contributed by atoms with Gasteiger partial charge in [-0.2, -0.15) is 0 Å². The van der Waals surface area contributed by atoms with Crippen LogP contribution in [0.2, 0.25) is 0 Å². The molecule has 132 valence electrons. The maximum Gasteiger partial charge on any atom is 0.233 e. The van der Waals surface area contributed by atoms with Crippen LogP contribution >= 0.6 is 11.3 Å².